The first-order valence-corrected chi connectivity index (χ1v) is 2.83. The van der Waals surface area contributed by atoms with Gasteiger partial charge < -0.3 is 19.7 Å². The number of rotatable bonds is 2. The molecule has 4 nitrogen and oxygen atoms in total. The van der Waals surface area contributed by atoms with E-state index in [1.54, 1.807) is 0 Å². The van der Waals surface area contributed by atoms with Gasteiger partial charge in [0.25, 0.3) is 0 Å². The van der Waals surface area contributed by atoms with Gasteiger partial charge in [0, 0.05) is 0 Å². The second kappa shape index (κ2) is 2.62. The van der Waals surface area contributed by atoms with E-state index in [1.807, 2.05) is 0 Å². The number of aliphatic hydroxyl groups excluding tert-OH is 2. The SMILES string of the molecule is OCC1(CO)OCCO1. The molecule has 0 atom stereocenters. The summed E-state index contributed by atoms with van der Waals surface area (Å²) in [7, 11) is 0. The molecule has 0 aromatic carbocycles. The summed E-state index contributed by atoms with van der Waals surface area (Å²) in [4.78, 5) is 0. The van der Waals surface area contributed by atoms with Gasteiger partial charge in [-0.05, 0) is 0 Å². The average Bonchev–Trinajstić information content (AvgIpc) is 2.36. The minimum absolute atomic E-state index is 0.288. The molecule has 0 aliphatic carbocycles. The number of hydrogen-bond donors (Lipinski definition) is 2. The predicted molar refractivity (Wildman–Crippen MR) is 28.8 cm³/mol. The Morgan fingerprint density at radius 2 is 1.56 bits per heavy atom. The van der Waals surface area contributed by atoms with E-state index in [0.29, 0.717) is 13.2 Å². The molecule has 9 heavy (non-hydrogen) atoms. The molecule has 1 aliphatic heterocycles. The molecule has 0 spiro atoms. The van der Waals surface area contributed by atoms with E-state index >= 15 is 0 Å². The maximum Gasteiger partial charge on any atom is 0.215 e. The molecule has 0 amide bonds. The lowest BCUT2D eigenvalue weighted by molar-refractivity contribution is -0.204. The molecule has 2 N–H and O–H groups in total. The zero-order valence-corrected chi connectivity index (χ0v) is 5.04. The Labute approximate surface area is 53.0 Å². The largest absolute Gasteiger partial charge is 0.391 e. The van der Waals surface area contributed by atoms with E-state index in [9.17, 15) is 0 Å². The molecule has 0 aromatic heterocycles. The lowest BCUT2D eigenvalue weighted by Crippen LogP contribution is -2.38. The van der Waals surface area contributed by atoms with Crippen LogP contribution >= 0.6 is 0 Å². The maximum atomic E-state index is 8.61. The molecular formula is C5H10O4. The van der Waals surface area contributed by atoms with E-state index in [1.165, 1.54) is 0 Å². The number of ether oxygens (including phenoxy) is 2. The summed E-state index contributed by atoms with van der Waals surface area (Å²) in [6, 6.07) is 0. The second-order valence-electron chi connectivity index (χ2n) is 1.92. The first-order chi connectivity index (χ1) is 4.33. The Morgan fingerprint density at radius 3 is 1.78 bits per heavy atom. The summed E-state index contributed by atoms with van der Waals surface area (Å²) in [5.41, 5.74) is 0. The summed E-state index contributed by atoms with van der Waals surface area (Å²) in [6.07, 6.45) is 0. The number of hydrogen-bond acceptors (Lipinski definition) is 4. The highest BCUT2D eigenvalue weighted by atomic mass is 16.8. The van der Waals surface area contributed by atoms with E-state index in [-0.39, 0.29) is 13.2 Å². The Balaban J connectivity index is 2.45. The highest BCUT2D eigenvalue weighted by Crippen LogP contribution is 2.16. The molecule has 1 aliphatic rings. The quantitative estimate of drug-likeness (QED) is 0.493. The van der Waals surface area contributed by atoms with Crippen LogP contribution in [0.3, 0.4) is 0 Å². The third kappa shape index (κ3) is 1.21. The van der Waals surface area contributed by atoms with E-state index in [0.717, 1.165) is 0 Å². The van der Waals surface area contributed by atoms with Gasteiger partial charge >= 0.3 is 0 Å². The topological polar surface area (TPSA) is 58.9 Å². The Morgan fingerprint density at radius 1 is 1.11 bits per heavy atom. The van der Waals surface area contributed by atoms with Gasteiger partial charge in [-0.2, -0.15) is 0 Å². The predicted octanol–water partition coefficient (Wildman–Crippen LogP) is -1.29. The van der Waals surface area contributed by atoms with Crippen molar-refractivity contribution in [2.75, 3.05) is 26.4 Å². The fourth-order valence-electron chi connectivity index (χ4n) is 0.730. The van der Waals surface area contributed by atoms with Crippen molar-refractivity contribution in [3.63, 3.8) is 0 Å². The summed E-state index contributed by atoms with van der Waals surface area (Å²) in [6.45, 7) is 0.315. The van der Waals surface area contributed by atoms with Crippen LogP contribution in [0.1, 0.15) is 0 Å². The smallest absolute Gasteiger partial charge is 0.215 e. The van der Waals surface area contributed by atoms with Gasteiger partial charge in [0.15, 0.2) is 0 Å². The van der Waals surface area contributed by atoms with Gasteiger partial charge in [-0.25, -0.2) is 0 Å². The van der Waals surface area contributed by atoms with Crippen LogP contribution in [0.15, 0.2) is 0 Å². The standard InChI is InChI=1S/C5H10O4/c6-3-5(4-7)8-1-2-9-5/h6-7H,1-4H2. The minimum Gasteiger partial charge on any atom is -0.391 e. The van der Waals surface area contributed by atoms with Crippen molar-refractivity contribution in [2.45, 2.75) is 5.79 Å². The average molecular weight is 134 g/mol. The van der Waals surface area contributed by atoms with Crippen LogP contribution in [-0.4, -0.2) is 42.4 Å². The van der Waals surface area contributed by atoms with Crippen LogP contribution in [0, 0.1) is 0 Å². The lowest BCUT2D eigenvalue weighted by atomic mass is 10.3. The van der Waals surface area contributed by atoms with Gasteiger partial charge in [-0.3, -0.25) is 0 Å². The van der Waals surface area contributed by atoms with Crippen molar-refractivity contribution >= 4 is 0 Å². The molecule has 4 heteroatoms. The lowest BCUT2D eigenvalue weighted by Gasteiger charge is -2.21. The molecule has 0 radical (unpaired) electrons. The van der Waals surface area contributed by atoms with Gasteiger partial charge in [-0.15, -0.1) is 0 Å². The fourth-order valence-corrected chi connectivity index (χ4v) is 0.730. The van der Waals surface area contributed by atoms with Crippen LogP contribution in [-0.2, 0) is 9.47 Å². The molecule has 1 heterocycles. The van der Waals surface area contributed by atoms with E-state index < -0.39 is 5.79 Å². The molecule has 1 rings (SSSR count). The van der Waals surface area contributed by atoms with Gasteiger partial charge in [0.05, 0.1) is 26.4 Å². The first kappa shape index (κ1) is 6.95. The van der Waals surface area contributed by atoms with Crippen molar-refractivity contribution in [1.29, 1.82) is 0 Å². The molecular weight excluding hydrogens is 124 g/mol. The van der Waals surface area contributed by atoms with E-state index in [2.05, 4.69) is 0 Å². The van der Waals surface area contributed by atoms with Crippen LogP contribution < -0.4 is 0 Å². The molecule has 0 bridgehead atoms. The highest BCUT2D eigenvalue weighted by Gasteiger charge is 2.34. The highest BCUT2D eigenvalue weighted by molar-refractivity contribution is 4.70. The molecule has 1 fully saturated rings. The van der Waals surface area contributed by atoms with Gasteiger partial charge in [-0.1, -0.05) is 0 Å². The van der Waals surface area contributed by atoms with Crippen LogP contribution in [0.5, 0.6) is 0 Å². The summed E-state index contributed by atoms with van der Waals surface area (Å²) >= 11 is 0. The third-order valence-corrected chi connectivity index (χ3v) is 1.30. The number of aliphatic hydroxyl groups is 2. The fraction of sp³-hybridized carbons (Fsp3) is 1.00. The van der Waals surface area contributed by atoms with Crippen molar-refractivity contribution in [1.82, 2.24) is 0 Å². The summed E-state index contributed by atoms with van der Waals surface area (Å²) < 4.78 is 9.83. The first-order valence-electron chi connectivity index (χ1n) is 2.83. The third-order valence-electron chi connectivity index (χ3n) is 1.30. The zero-order chi connectivity index (χ0) is 6.74. The molecule has 0 unspecified atom stereocenters. The van der Waals surface area contributed by atoms with Crippen LogP contribution in [0.4, 0.5) is 0 Å². The van der Waals surface area contributed by atoms with Crippen molar-refractivity contribution in [3.8, 4) is 0 Å². The minimum atomic E-state index is -1.11. The summed E-state index contributed by atoms with van der Waals surface area (Å²) in [5.74, 6) is -1.11. The monoisotopic (exact) mass is 134 g/mol. The molecule has 0 saturated carbocycles. The zero-order valence-electron chi connectivity index (χ0n) is 5.04. The molecule has 54 valence electrons. The van der Waals surface area contributed by atoms with Crippen molar-refractivity contribution < 1.29 is 19.7 Å². The molecule has 0 aromatic rings. The van der Waals surface area contributed by atoms with Crippen LogP contribution in [0.2, 0.25) is 0 Å². The normalized spacial score (nSPS) is 24.7. The molecule has 1 saturated heterocycles. The second-order valence-corrected chi connectivity index (χ2v) is 1.92. The van der Waals surface area contributed by atoms with Gasteiger partial charge in [0.1, 0.15) is 0 Å². The van der Waals surface area contributed by atoms with Crippen LogP contribution in [0.25, 0.3) is 0 Å². The maximum absolute atomic E-state index is 8.61. The Bertz CT molecular complexity index is 81.0. The Hall–Kier alpha value is -0.160. The van der Waals surface area contributed by atoms with E-state index in [4.69, 9.17) is 19.7 Å². The van der Waals surface area contributed by atoms with Crippen molar-refractivity contribution in [3.05, 3.63) is 0 Å². The van der Waals surface area contributed by atoms with Crippen molar-refractivity contribution in [2.24, 2.45) is 0 Å². The Kier molecular flexibility index (Phi) is 2.02. The van der Waals surface area contributed by atoms with Gasteiger partial charge in [0.2, 0.25) is 5.79 Å². The summed E-state index contributed by atoms with van der Waals surface area (Å²) in [5, 5.41) is 17.2.